The van der Waals surface area contributed by atoms with Gasteiger partial charge >= 0.3 is 6.18 Å². The van der Waals surface area contributed by atoms with E-state index in [1.807, 2.05) is 0 Å². The highest BCUT2D eigenvalue weighted by atomic mass is 19.4. The zero-order valence-corrected chi connectivity index (χ0v) is 8.09. The predicted molar refractivity (Wildman–Crippen MR) is 44.8 cm³/mol. The summed E-state index contributed by atoms with van der Waals surface area (Å²) in [6, 6.07) is 1.62. The van der Waals surface area contributed by atoms with Crippen LogP contribution in [0.4, 0.5) is 22.0 Å². The second-order valence-electron chi connectivity index (χ2n) is 2.98. The molecule has 0 spiro atoms. The van der Waals surface area contributed by atoms with Gasteiger partial charge in [0.25, 0.3) is 6.43 Å². The van der Waals surface area contributed by atoms with Gasteiger partial charge < -0.3 is 5.11 Å². The van der Waals surface area contributed by atoms with Crippen LogP contribution in [0.1, 0.15) is 28.9 Å². The van der Waals surface area contributed by atoms with E-state index >= 15 is 0 Å². The number of hydrogen-bond acceptors (Lipinski definition) is 3. The van der Waals surface area contributed by atoms with Crippen LogP contribution in [0.5, 0.6) is 0 Å². The number of aromatic nitrogens is 1. The Kier molecular flexibility index (Phi) is 3.63. The third kappa shape index (κ3) is 2.68. The molecule has 0 amide bonds. The van der Waals surface area contributed by atoms with Crippen LogP contribution < -0.4 is 0 Å². The Balaban J connectivity index is 3.53. The molecule has 0 aliphatic rings. The molecule has 0 unspecified atom stereocenters. The molecule has 1 rings (SSSR count). The van der Waals surface area contributed by atoms with Gasteiger partial charge in [-0.05, 0) is 6.07 Å². The lowest BCUT2D eigenvalue weighted by Crippen LogP contribution is -2.14. The van der Waals surface area contributed by atoms with Crippen molar-refractivity contribution in [3.8, 4) is 6.07 Å². The van der Waals surface area contributed by atoms with E-state index in [9.17, 15) is 22.0 Å². The van der Waals surface area contributed by atoms with Gasteiger partial charge in [0.05, 0.1) is 23.4 Å². The molecule has 0 aliphatic carbocycles. The van der Waals surface area contributed by atoms with Gasteiger partial charge in [0.15, 0.2) is 0 Å². The smallest absolute Gasteiger partial charge is 0.390 e. The van der Waals surface area contributed by atoms with E-state index in [4.69, 9.17) is 10.4 Å². The molecule has 1 N–H and O–H groups in total. The zero-order valence-electron chi connectivity index (χ0n) is 8.09. The van der Waals surface area contributed by atoms with Crippen LogP contribution in [0.25, 0.3) is 0 Å². The maximum absolute atomic E-state index is 12.4. The topological polar surface area (TPSA) is 56.9 Å². The zero-order chi connectivity index (χ0) is 13.2. The standard InChI is InChI=1S/C9H5F5N2O/c10-8(11)7-5(9(12,13)14)1-4(2-15)6(3-17)16-7/h1,8,17H,3H2. The monoisotopic (exact) mass is 252 g/mol. The van der Waals surface area contributed by atoms with E-state index in [1.54, 1.807) is 0 Å². The van der Waals surface area contributed by atoms with Crippen molar-refractivity contribution in [2.24, 2.45) is 0 Å². The second-order valence-corrected chi connectivity index (χ2v) is 2.98. The van der Waals surface area contributed by atoms with Crippen molar-refractivity contribution in [3.63, 3.8) is 0 Å². The van der Waals surface area contributed by atoms with Gasteiger partial charge in [-0.2, -0.15) is 18.4 Å². The van der Waals surface area contributed by atoms with Gasteiger partial charge in [-0.15, -0.1) is 0 Å². The van der Waals surface area contributed by atoms with Crippen molar-refractivity contribution >= 4 is 0 Å². The summed E-state index contributed by atoms with van der Waals surface area (Å²) in [6.07, 6.45) is -8.47. The summed E-state index contributed by atoms with van der Waals surface area (Å²) in [5.41, 5.74) is -4.23. The Hall–Kier alpha value is -1.75. The first-order chi connectivity index (χ1) is 7.81. The molecular formula is C9H5F5N2O. The fourth-order valence-electron chi connectivity index (χ4n) is 1.18. The van der Waals surface area contributed by atoms with Crippen LogP contribution in [0, 0.1) is 11.3 Å². The molecule has 8 heteroatoms. The highest BCUT2D eigenvalue weighted by Gasteiger charge is 2.37. The van der Waals surface area contributed by atoms with Gasteiger partial charge in [-0.1, -0.05) is 0 Å². The van der Waals surface area contributed by atoms with Crippen molar-refractivity contribution in [3.05, 3.63) is 28.6 Å². The minimum atomic E-state index is -5.03. The van der Waals surface area contributed by atoms with E-state index in [2.05, 4.69) is 4.98 Å². The normalized spacial score (nSPS) is 11.6. The maximum Gasteiger partial charge on any atom is 0.418 e. The lowest BCUT2D eigenvalue weighted by Gasteiger charge is -2.13. The number of aliphatic hydroxyl groups excluding tert-OH is 1. The largest absolute Gasteiger partial charge is 0.418 e. The Morgan fingerprint density at radius 3 is 2.35 bits per heavy atom. The van der Waals surface area contributed by atoms with E-state index in [-0.39, 0.29) is 6.07 Å². The van der Waals surface area contributed by atoms with Gasteiger partial charge in [0.1, 0.15) is 11.8 Å². The molecule has 0 fully saturated rings. The van der Waals surface area contributed by atoms with Crippen LogP contribution >= 0.6 is 0 Å². The molecule has 3 nitrogen and oxygen atoms in total. The molecule has 0 bridgehead atoms. The quantitative estimate of drug-likeness (QED) is 0.822. The average molecular weight is 252 g/mol. The first-order valence-corrected chi connectivity index (χ1v) is 4.21. The number of nitrogens with zero attached hydrogens (tertiary/aromatic N) is 2. The van der Waals surface area contributed by atoms with Crippen LogP contribution in [-0.2, 0) is 12.8 Å². The highest BCUT2D eigenvalue weighted by Crippen LogP contribution is 2.36. The Bertz CT molecular complexity index is 464. The first-order valence-electron chi connectivity index (χ1n) is 4.21. The van der Waals surface area contributed by atoms with E-state index in [0.717, 1.165) is 0 Å². The van der Waals surface area contributed by atoms with Crippen LogP contribution in [-0.4, -0.2) is 10.1 Å². The maximum atomic E-state index is 12.4. The van der Waals surface area contributed by atoms with Crippen molar-refractivity contribution in [1.82, 2.24) is 4.98 Å². The Labute approximate surface area is 92.1 Å². The molecule has 1 aromatic heterocycles. The molecule has 92 valence electrons. The van der Waals surface area contributed by atoms with Crippen LogP contribution in [0.15, 0.2) is 6.07 Å². The number of hydrogen-bond donors (Lipinski definition) is 1. The SMILES string of the molecule is N#Cc1cc(C(F)(F)F)c(C(F)F)nc1CO. The second kappa shape index (κ2) is 4.63. The van der Waals surface area contributed by atoms with E-state index in [1.165, 1.54) is 6.07 Å². The molecule has 0 aromatic carbocycles. The predicted octanol–water partition coefficient (Wildman–Crippen LogP) is 2.40. The summed E-state index contributed by atoms with van der Waals surface area (Å²) in [4.78, 5) is 2.99. The summed E-state index contributed by atoms with van der Waals surface area (Å²) in [6.45, 7) is -0.888. The van der Waals surface area contributed by atoms with Crippen molar-refractivity contribution < 1.29 is 27.1 Å². The molecule has 0 saturated heterocycles. The molecule has 1 aromatic rings. The number of halogens is 5. The van der Waals surface area contributed by atoms with E-state index < -0.39 is 41.7 Å². The molecule has 0 aliphatic heterocycles. The van der Waals surface area contributed by atoms with Gasteiger partial charge in [-0.25, -0.2) is 13.8 Å². The minimum Gasteiger partial charge on any atom is -0.390 e. The molecule has 0 saturated carbocycles. The van der Waals surface area contributed by atoms with Crippen LogP contribution in [0.3, 0.4) is 0 Å². The third-order valence-electron chi connectivity index (χ3n) is 1.91. The number of rotatable bonds is 2. The molecule has 17 heavy (non-hydrogen) atoms. The first kappa shape index (κ1) is 13.3. The minimum absolute atomic E-state index is 0.264. The highest BCUT2D eigenvalue weighted by molar-refractivity contribution is 5.40. The summed E-state index contributed by atoms with van der Waals surface area (Å²) in [7, 11) is 0. The van der Waals surface area contributed by atoms with Gasteiger partial charge in [0.2, 0.25) is 0 Å². The van der Waals surface area contributed by atoms with Gasteiger partial charge in [0, 0.05) is 0 Å². The molecule has 1 heterocycles. The average Bonchev–Trinajstić information content (AvgIpc) is 2.25. The number of nitriles is 1. The summed E-state index contributed by atoms with van der Waals surface area (Å²) in [5, 5.41) is 17.2. The molecular weight excluding hydrogens is 247 g/mol. The fourth-order valence-corrected chi connectivity index (χ4v) is 1.18. The van der Waals surface area contributed by atoms with Crippen LogP contribution in [0.2, 0.25) is 0 Å². The lowest BCUT2D eigenvalue weighted by molar-refractivity contribution is -0.140. The number of pyridine rings is 1. The number of alkyl halides is 5. The lowest BCUT2D eigenvalue weighted by atomic mass is 10.1. The van der Waals surface area contributed by atoms with E-state index in [0.29, 0.717) is 0 Å². The number of aliphatic hydroxyl groups is 1. The Morgan fingerprint density at radius 1 is 1.41 bits per heavy atom. The van der Waals surface area contributed by atoms with Crippen molar-refractivity contribution in [2.45, 2.75) is 19.2 Å². The molecule has 0 atom stereocenters. The van der Waals surface area contributed by atoms with Crippen molar-refractivity contribution in [2.75, 3.05) is 0 Å². The molecule has 0 radical (unpaired) electrons. The fraction of sp³-hybridized carbons (Fsp3) is 0.333. The summed E-state index contributed by atoms with van der Waals surface area (Å²) in [5.74, 6) is 0. The Morgan fingerprint density at radius 2 is 2.00 bits per heavy atom. The summed E-state index contributed by atoms with van der Waals surface area (Å²) >= 11 is 0. The third-order valence-corrected chi connectivity index (χ3v) is 1.91. The summed E-state index contributed by atoms with van der Waals surface area (Å²) < 4.78 is 62.0. The van der Waals surface area contributed by atoms with Gasteiger partial charge in [-0.3, -0.25) is 0 Å². The van der Waals surface area contributed by atoms with Crippen molar-refractivity contribution in [1.29, 1.82) is 5.26 Å².